The largest absolute Gasteiger partial charge is 0.373 e. The molecule has 34 heavy (non-hydrogen) atoms. The van der Waals surface area contributed by atoms with E-state index in [1.165, 1.54) is 11.3 Å². The number of anilines is 1. The third kappa shape index (κ3) is 5.44. The highest BCUT2D eigenvalue weighted by Gasteiger charge is 2.53. The number of imide groups is 1. The molecule has 2 saturated heterocycles. The first-order chi connectivity index (χ1) is 15.9. The van der Waals surface area contributed by atoms with Crippen LogP contribution < -0.4 is 10.6 Å². The van der Waals surface area contributed by atoms with Gasteiger partial charge >= 0.3 is 6.03 Å². The maximum absolute atomic E-state index is 13.1. The molecule has 3 heterocycles. The van der Waals surface area contributed by atoms with Crippen LogP contribution in [0.25, 0.3) is 0 Å². The number of morpholine rings is 1. The van der Waals surface area contributed by atoms with Gasteiger partial charge in [-0.1, -0.05) is 20.8 Å². The fourth-order valence-electron chi connectivity index (χ4n) is 5.52. The highest BCUT2D eigenvalue weighted by molar-refractivity contribution is 7.13. The molecule has 1 aromatic heterocycles. The maximum atomic E-state index is 13.1. The molecule has 3 aliphatic rings. The molecule has 2 N–H and O–H groups in total. The highest BCUT2D eigenvalue weighted by atomic mass is 32.1. The van der Waals surface area contributed by atoms with E-state index in [1.807, 2.05) is 5.38 Å². The lowest BCUT2D eigenvalue weighted by Gasteiger charge is -2.40. The van der Waals surface area contributed by atoms with Crippen molar-refractivity contribution in [2.24, 2.45) is 11.3 Å². The number of thiazole rings is 1. The van der Waals surface area contributed by atoms with E-state index in [9.17, 15) is 14.4 Å². The molecule has 2 atom stereocenters. The third-order valence-electron chi connectivity index (χ3n) is 7.29. The Labute approximate surface area is 205 Å². The van der Waals surface area contributed by atoms with Gasteiger partial charge < -0.3 is 15.4 Å². The van der Waals surface area contributed by atoms with E-state index in [0.717, 1.165) is 36.5 Å². The van der Waals surface area contributed by atoms with Crippen molar-refractivity contribution < 1.29 is 19.1 Å². The van der Waals surface area contributed by atoms with Gasteiger partial charge in [-0.2, -0.15) is 0 Å². The van der Waals surface area contributed by atoms with Crippen LogP contribution in [0.4, 0.5) is 9.93 Å². The predicted octanol–water partition coefficient (Wildman–Crippen LogP) is 3.22. The van der Waals surface area contributed by atoms with E-state index in [1.54, 1.807) is 0 Å². The standard InChI is InChI=1S/C24H37N5O4S/c1-15-10-28(11-16(2)33-15)12-18-14-34-21(25-18)26-19(30)13-29-20(31)24(27-22(29)32)8-6-17(7-9-24)23(3,4)5/h14-17H,6-13H2,1-5H3,(H,27,32)(H,25,26,30). The van der Waals surface area contributed by atoms with Crippen LogP contribution in [-0.4, -0.2) is 70.0 Å². The van der Waals surface area contributed by atoms with E-state index < -0.39 is 17.5 Å². The van der Waals surface area contributed by atoms with Gasteiger partial charge in [-0.05, 0) is 50.9 Å². The predicted molar refractivity (Wildman–Crippen MR) is 130 cm³/mol. The van der Waals surface area contributed by atoms with Crippen molar-refractivity contribution in [3.63, 3.8) is 0 Å². The molecule has 4 amide bonds. The molecular formula is C24H37N5O4S. The average molecular weight is 492 g/mol. The molecule has 10 heteroatoms. The van der Waals surface area contributed by atoms with Gasteiger partial charge in [0.15, 0.2) is 5.13 Å². The van der Waals surface area contributed by atoms with Crippen LogP contribution >= 0.6 is 11.3 Å². The van der Waals surface area contributed by atoms with E-state index in [4.69, 9.17) is 4.74 Å². The number of hydrogen-bond donors (Lipinski definition) is 2. The lowest BCUT2D eigenvalue weighted by molar-refractivity contribution is -0.135. The minimum atomic E-state index is -0.861. The van der Waals surface area contributed by atoms with Gasteiger partial charge in [-0.25, -0.2) is 9.78 Å². The molecule has 1 aliphatic carbocycles. The second kappa shape index (κ2) is 9.54. The van der Waals surface area contributed by atoms with Crippen molar-refractivity contribution in [3.8, 4) is 0 Å². The first kappa shape index (κ1) is 25.1. The molecule has 9 nitrogen and oxygen atoms in total. The zero-order chi connectivity index (χ0) is 24.7. The van der Waals surface area contributed by atoms with Crippen molar-refractivity contribution in [1.29, 1.82) is 0 Å². The number of nitrogens with zero attached hydrogens (tertiary/aromatic N) is 3. The van der Waals surface area contributed by atoms with Gasteiger partial charge in [0.25, 0.3) is 5.91 Å². The number of amides is 4. The fourth-order valence-corrected chi connectivity index (χ4v) is 6.23. The normalized spacial score (nSPS) is 30.6. The van der Waals surface area contributed by atoms with E-state index in [2.05, 4.69) is 55.1 Å². The Hall–Kier alpha value is -2.04. The Balaban J connectivity index is 1.30. The van der Waals surface area contributed by atoms with Gasteiger partial charge in [0.05, 0.1) is 17.9 Å². The number of aromatic nitrogens is 1. The molecule has 2 unspecified atom stereocenters. The van der Waals surface area contributed by atoms with Crippen LogP contribution in [-0.2, 0) is 20.9 Å². The molecule has 4 rings (SSSR count). The summed E-state index contributed by atoms with van der Waals surface area (Å²) in [5, 5.41) is 8.05. The maximum Gasteiger partial charge on any atom is 0.325 e. The summed E-state index contributed by atoms with van der Waals surface area (Å²) >= 11 is 1.35. The number of ether oxygens (including phenoxy) is 1. The second-order valence-electron chi connectivity index (χ2n) is 11.2. The molecule has 0 radical (unpaired) electrons. The summed E-state index contributed by atoms with van der Waals surface area (Å²) in [6, 6.07) is -0.482. The quantitative estimate of drug-likeness (QED) is 0.613. The summed E-state index contributed by atoms with van der Waals surface area (Å²) in [4.78, 5) is 46.3. The van der Waals surface area contributed by atoms with Gasteiger partial charge in [0, 0.05) is 25.0 Å². The number of hydrogen-bond acceptors (Lipinski definition) is 7. The van der Waals surface area contributed by atoms with Gasteiger partial charge in [-0.3, -0.25) is 19.4 Å². The first-order valence-electron chi connectivity index (χ1n) is 12.2. The Kier molecular flexibility index (Phi) is 7.04. The Morgan fingerprint density at radius 1 is 1.24 bits per heavy atom. The number of urea groups is 1. The topological polar surface area (TPSA) is 104 Å². The Bertz CT molecular complexity index is 924. The molecule has 1 aromatic rings. The van der Waals surface area contributed by atoms with Crippen molar-refractivity contribution in [1.82, 2.24) is 20.1 Å². The van der Waals surface area contributed by atoms with Crippen LogP contribution in [0.1, 0.15) is 66.0 Å². The highest BCUT2D eigenvalue weighted by Crippen LogP contribution is 2.43. The van der Waals surface area contributed by atoms with Crippen LogP contribution in [0.15, 0.2) is 5.38 Å². The SMILES string of the molecule is CC1CN(Cc2csc(NC(=O)CN3C(=O)NC4(CCC(C(C)(C)C)CC4)C3=O)n2)CC(C)O1. The summed E-state index contributed by atoms with van der Waals surface area (Å²) in [5.74, 6) is -0.183. The monoisotopic (exact) mass is 491 g/mol. The minimum absolute atomic E-state index is 0.178. The summed E-state index contributed by atoms with van der Waals surface area (Å²) in [7, 11) is 0. The zero-order valence-electron chi connectivity index (χ0n) is 20.8. The van der Waals surface area contributed by atoms with Crippen LogP contribution in [0, 0.1) is 11.3 Å². The van der Waals surface area contributed by atoms with Crippen molar-refractivity contribution in [2.75, 3.05) is 25.0 Å². The molecule has 2 aliphatic heterocycles. The molecule has 188 valence electrons. The fraction of sp³-hybridized carbons (Fsp3) is 0.750. The average Bonchev–Trinajstić information content (AvgIpc) is 3.24. The number of rotatable bonds is 5. The van der Waals surface area contributed by atoms with E-state index >= 15 is 0 Å². The van der Waals surface area contributed by atoms with Gasteiger partial charge in [0.2, 0.25) is 5.91 Å². The van der Waals surface area contributed by atoms with Crippen molar-refractivity contribution >= 4 is 34.3 Å². The minimum Gasteiger partial charge on any atom is -0.373 e. The number of carbonyl (C=O) groups excluding carboxylic acids is 3. The van der Waals surface area contributed by atoms with E-state index in [0.29, 0.717) is 30.4 Å². The summed E-state index contributed by atoms with van der Waals surface area (Å²) < 4.78 is 5.77. The lowest BCUT2D eigenvalue weighted by Crippen LogP contribution is -2.50. The Morgan fingerprint density at radius 3 is 2.50 bits per heavy atom. The smallest absolute Gasteiger partial charge is 0.325 e. The molecular weight excluding hydrogens is 454 g/mol. The van der Waals surface area contributed by atoms with Crippen molar-refractivity contribution in [2.45, 2.75) is 84.6 Å². The molecule has 1 saturated carbocycles. The van der Waals surface area contributed by atoms with Crippen LogP contribution in [0.3, 0.4) is 0 Å². The van der Waals surface area contributed by atoms with Crippen LogP contribution in [0.5, 0.6) is 0 Å². The van der Waals surface area contributed by atoms with Crippen molar-refractivity contribution in [3.05, 3.63) is 11.1 Å². The molecule has 1 spiro atoms. The lowest BCUT2D eigenvalue weighted by atomic mass is 9.67. The molecule has 0 bridgehead atoms. The summed E-state index contributed by atoms with van der Waals surface area (Å²) in [6.07, 6.45) is 3.37. The Morgan fingerprint density at radius 2 is 1.88 bits per heavy atom. The van der Waals surface area contributed by atoms with Crippen LogP contribution in [0.2, 0.25) is 0 Å². The first-order valence-corrected chi connectivity index (χ1v) is 13.1. The number of nitrogens with one attached hydrogen (secondary N) is 2. The van der Waals surface area contributed by atoms with Gasteiger partial charge in [0.1, 0.15) is 12.1 Å². The molecule has 3 fully saturated rings. The summed E-state index contributed by atoms with van der Waals surface area (Å²) in [6.45, 7) is 12.8. The molecule has 0 aromatic carbocycles. The second-order valence-corrected chi connectivity index (χ2v) is 12.0. The third-order valence-corrected chi connectivity index (χ3v) is 8.10. The van der Waals surface area contributed by atoms with E-state index in [-0.39, 0.29) is 30.1 Å². The van der Waals surface area contributed by atoms with Gasteiger partial charge in [-0.15, -0.1) is 11.3 Å². The number of carbonyl (C=O) groups is 3. The summed E-state index contributed by atoms with van der Waals surface area (Å²) in [5.41, 5.74) is 0.198. The zero-order valence-corrected chi connectivity index (χ0v) is 21.7.